The van der Waals surface area contributed by atoms with Gasteiger partial charge in [0.15, 0.2) is 6.04 Å². The number of anilines is 1. The van der Waals surface area contributed by atoms with Gasteiger partial charge in [-0.3, -0.25) is 4.79 Å². The van der Waals surface area contributed by atoms with Crippen molar-refractivity contribution in [3.8, 4) is 0 Å². The van der Waals surface area contributed by atoms with E-state index < -0.39 is 0 Å². The number of likely N-dealkylation sites (N-methyl/N-ethyl adjacent to an activating group) is 1. The number of rotatable bonds is 5. The molecular weight excluding hydrogens is 399 g/mol. The number of carbonyl (C=O) groups is 1. The van der Waals surface area contributed by atoms with Crippen LogP contribution in [0.5, 0.6) is 0 Å². The zero-order valence-electron chi connectivity index (χ0n) is 15.0. The van der Waals surface area contributed by atoms with Crippen molar-refractivity contribution in [2.24, 2.45) is 0 Å². The van der Waals surface area contributed by atoms with Gasteiger partial charge >= 0.3 is 0 Å². The maximum Gasteiger partial charge on any atom is 0.282 e. The van der Waals surface area contributed by atoms with Crippen molar-refractivity contribution in [3.05, 3.63) is 29.3 Å². The molecule has 1 heterocycles. The van der Waals surface area contributed by atoms with Gasteiger partial charge in [-0.1, -0.05) is 31.5 Å². The van der Waals surface area contributed by atoms with Crippen molar-refractivity contribution < 1.29 is 33.3 Å². The van der Waals surface area contributed by atoms with Crippen molar-refractivity contribution in [1.29, 1.82) is 0 Å². The molecule has 1 amide bonds. The number of likely N-dealkylation sites (tertiary alicyclic amines) is 1. The number of aryl methyl sites for hydroxylation is 2. The van der Waals surface area contributed by atoms with Crippen LogP contribution in [-0.4, -0.2) is 36.6 Å². The maximum absolute atomic E-state index is 12.9. The van der Waals surface area contributed by atoms with E-state index in [4.69, 9.17) is 0 Å². The van der Waals surface area contributed by atoms with Crippen LogP contribution in [-0.2, 0) is 4.79 Å². The lowest BCUT2D eigenvalue weighted by Gasteiger charge is -2.44. The number of quaternary nitrogens is 1. The fourth-order valence-corrected chi connectivity index (χ4v) is 3.70. The summed E-state index contributed by atoms with van der Waals surface area (Å²) in [7, 11) is 2.27. The summed E-state index contributed by atoms with van der Waals surface area (Å²) in [5.41, 5.74) is 3.29. The van der Waals surface area contributed by atoms with Crippen LogP contribution in [0.25, 0.3) is 0 Å². The minimum atomic E-state index is 0. The Morgan fingerprint density at radius 1 is 1.26 bits per heavy atom. The predicted molar refractivity (Wildman–Crippen MR) is 93.0 cm³/mol. The first-order valence-electron chi connectivity index (χ1n) is 8.69. The number of carbonyl (C=O) groups excluding carboxylic acids is 1. The molecule has 0 aromatic heterocycles. The molecule has 0 bridgehead atoms. The van der Waals surface area contributed by atoms with E-state index in [0.717, 1.165) is 40.8 Å². The summed E-state index contributed by atoms with van der Waals surface area (Å²) in [5, 5.41) is 3.23. The minimum absolute atomic E-state index is 0. The molecule has 2 unspecified atom stereocenters. The second-order valence-corrected chi connectivity index (χ2v) is 7.05. The SMILES string of the molecule is CCCC[N+]1(C)CCCCC1C(=O)Nc1c(C)cccc1C.[I-]. The molecule has 0 radical (unpaired) electrons. The zero-order valence-corrected chi connectivity index (χ0v) is 17.2. The van der Waals surface area contributed by atoms with Crippen molar-refractivity contribution >= 4 is 11.6 Å². The van der Waals surface area contributed by atoms with Crippen LogP contribution in [0.1, 0.15) is 50.2 Å². The smallest absolute Gasteiger partial charge is 0.282 e. The molecule has 3 nitrogen and oxygen atoms in total. The minimum Gasteiger partial charge on any atom is -1.00 e. The third kappa shape index (κ3) is 4.92. The number of para-hydroxylation sites is 1. The second kappa shape index (κ2) is 9.02. The van der Waals surface area contributed by atoms with E-state index in [-0.39, 0.29) is 35.9 Å². The van der Waals surface area contributed by atoms with E-state index >= 15 is 0 Å². The number of hydrogen-bond donors (Lipinski definition) is 1. The van der Waals surface area contributed by atoms with Gasteiger partial charge in [-0.2, -0.15) is 0 Å². The Hall–Kier alpha value is -0.620. The number of piperidine rings is 1. The lowest BCUT2D eigenvalue weighted by molar-refractivity contribution is -0.929. The van der Waals surface area contributed by atoms with E-state index in [0.29, 0.717) is 0 Å². The van der Waals surface area contributed by atoms with Crippen LogP contribution in [0.15, 0.2) is 18.2 Å². The Bertz CT molecular complexity index is 512. The highest BCUT2D eigenvalue weighted by atomic mass is 127. The molecule has 0 aliphatic carbocycles. The first-order valence-corrected chi connectivity index (χ1v) is 8.69. The molecule has 23 heavy (non-hydrogen) atoms. The monoisotopic (exact) mass is 430 g/mol. The second-order valence-electron chi connectivity index (χ2n) is 7.05. The van der Waals surface area contributed by atoms with E-state index in [1.165, 1.54) is 25.7 Å². The third-order valence-electron chi connectivity index (χ3n) is 5.20. The standard InChI is InChI=1S/C19H30N2O.HI/c1-5-6-13-21(4)14-8-7-12-17(21)19(22)20-18-15(2)10-9-11-16(18)3;/h9-11,17H,5-8,12-14H2,1-4H3;1H. The lowest BCUT2D eigenvalue weighted by Crippen LogP contribution is -3.00. The molecule has 2 rings (SSSR count). The molecule has 130 valence electrons. The van der Waals surface area contributed by atoms with Crippen molar-refractivity contribution in [3.63, 3.8) is 0 Å². The quantitative estimate of drug-likeness (QED) is 0.549. The summed E-state index contributed by atoms with van der Waals surface area (Å²) in [5.74, 6) is 0.204. The van der Waals surface area contributed by atoms with Gasteiger partial charge in [-0.15, -0.1) is 0 Å². The molecule has 0 saturated carbocycles. The third-order valence-corrected chi connectivity index (χ3v) is 5.20. The van der Waals surface area contributed by atoms with Gasteiger partial charge in [0.2, 0.25) is 0 Å². The van der Waals surface area contributed by atoms with Crippen LogP contribution < -0.4 is 29.3 Å². The van der Waals surface area contributed by atoms with Gasteiger partial charge in [-0.25, -0.2) is 0 Å². The van der Waals surface area contributed by atoms with Gasteiger partial charge in [0.1, 0.15) is 0 Å². The predicted octanol–water partition coefficient (Wildman–Crippen LogP) is 1.05. The molecular formula is C19H31IN2O. The summed E-state index contributed by atoms with van der Waals surface area (Å²) < 4.78 is 0.907. The van der Waals surface area contributed by atoms with Crippen molar-refractivity contribution in [2.75, 3.05) is 25.5 Å². The summed E-state index contributed by atoms with van der Waals surface area (Å²) in [4.78, 5) is 12.9. The summed E-state index contributed by atoms with van der Waals surface area (Å²) in [6.45, 7) is 8.59. The number of unbranched alkanes of at least 4 members (excludes halogenated alkanes) is 1. The van der Waals surface area contributed by atoms with E-state index in [9.17, 15) is 4.79 Å². The molecule has 1 saturated heterocycles. The average Bonchev–Trinajstić information content (AvgIpc) is 2.49. The first-order chi connectivity index (χ1) is 10.5. The molecule has 4 heteroatoms. The largest absolute Gasteiger partial charge is 1.00 e. The molecule has 1 aromatic rings. The Morgan fingerprint density at radius 2 is 1.91 bits per heavy atom. The fourth-order valence-electron chi connectivity index (χ4n) is 3.70. The maximum atomic E-state index is 12.9. The van der Waals surface area contributed by atoms with Crippen molar-refractivity contribution in [2.45, 2.75) is 58.9 Å². The summed E-state index contributed by atoms with van der Waals surface area (Å²) >= 11 is 0. The van der Waals surface area contributed by atoms with E-state index in [1.54, 1.807) is 0 Å². The van der Waals surface area contributed by atoms with Crippen molar-refractivity contribution in [1.82, 2.24) is 0 Å². The molecule has 1 aromatic carbocycles. The van der Waals surface area contributed by atoms with Crippen LogP contribution in [0.4, 0.5) is 5.69 Å². The normalized spacial score (nSPS) is 23.9. The Balaban J connectivity index is 0.00000264. The van der Waals surface area contributed by atoms with Gasteiger partial charge < -0.3 is 33.8 Å². The summed E-state index contributed by atoms with van der Waals surface area (Å²) in [6.07, 6.45) is 5.82. The first kappa shape index (κ1) is 20.4. The fraction of sp³-hybridized carbons (Fsp3) is 0.632. The highest BCUT2D eigenvalue weighted by molar-refractivity contribution is 5.95. The van der Waals surface area contributed by atoms with Crippen LogP contribution in [0.3, 0.4) is 0 Å². The Morgan fingerprint density at radius 3 is 2.52 bits per heavy atom. The number of nitrogens with zero attached hydrogens (tertiary/aromatic N) is 1. The topological polar surface area (TPSA) is 29.1 Å². The highest BCUT2D eigenvalue weighted by Crippen LogP contribution is 2.27. The molecule has 2 atom stereocenters. The molecule has 1 fully saturated rings. The molecule has 0 spiro atoms. The number of benzene rings is 1. The molecule has 1 aliphatic rings. The van der Waals surface area contributed by atoms with Crippen LogP contribution in [0, 0.1) is 13.8 Å². The van der Waals surface area contributed by atoms with Gasteiger partial charge in [0, 0.05) is 12.1 Å². The van der Waals surface area contributed by atoms with E-state index in [1.807, 2.05) is 6.07 Å². The van der Waals surface area contributed by atoms with Crippen LogP contribution >= 0.6 is 0 Å². The number of halogens is 1. The van der Waals surface area contributed by atoms with E-state index in [2.05, 4.69) is 45.3 Å². The van der Waals surface area contributed by atoms with Gasteiger partial charge in [0.25, 0.3) is 5.91 Å². The molecule has 1 aliphatic heterocycles. The lowest BCUT2D eigenvalue weighted by atomic mass is 9.97. The Kier molecular flexibility index (Phi) is 8.01. The number of hydrogen-bond acceptors (Lipinski definition) is 1. The van der Waals surface area contributed by atoms with Gasteiger partial charge in [0.05, 0.1) is 20.1 Å². The van der Waals surface area contributed by atoms with Gasteiger partial charge in [-0.05, 0) is 44.2 Å². The summed E-state index contributed by atoms with van der Waals surface area (Å²) in [6, 6.07) is 6.27. The highest BCUT2D eigenvalue weighted by Gasteiger charge is 2.40. The Labute approximate surface area is 158 Å². The van der Waals surface area contributed by atoms with Crippen LogP contribution in [0.2, 0.25) is 0 Å². The zero-order chi connectivity index (χ0) is 16.2. The number of nitrogens with one attached hydrogen (secondary N) is 1. The average molecular weight is 430 g/mol. The molecule has 1 N–H and O–H groups in total. The number of amides is 1.